The molecule has 0 heterocycles. The third-order valence-corrected chi connectivity index (χ3v) is 2.16. The van der Waals surface area contributed by atoms with E-state index in [0.29, 0.717) is 0 Å². The van der Waals surface area contributed by atoms with Crippen molar-refractivity contribution in [2.24, 2.45) is 5.92 Å². The first-order valence-corrected chi connectivity index (χ1v) is 10.9. The molecule has 0 radical (unpaired) electrons. The number of unbranched alkanes of at least 4 members (excludes halogenated alkanes) is 1. The predicted octanol–water partition coefficient (Wildman–Crippen LogP) is 4.69. The first-order chi connectivity index (χ1) is 6.26. The van der Waals surface area contributed by atoms with Crippen LogP contribution in [0.25, 0.3) is 0 Å². The maximum absolute atomic E-state index is 4.93. The summed E-state index contributed by atoms with van der Waals surface area (Å²) >= 11 is -0.826. The quantitative estimate of drug-likeness (QED) is 0.709. The van der Waals surface area contributed by atoms with E-state index in [4.69, 9.17) is 17.0 Å². The first kappa shape index (κ1) is 13.9. The molecule has 0 aromatic heterocycles. The van der Waals surface area contributed by atoms with E-state index < -0.39 is 20.8 Å². The van der Waals surface area contributed by atoms with Crippen LogP contribution in [0.2, 0.25) is 0 Å². The van der Waals surface area contributed by atoms with Gasteiger partial charge in [0.1, 0.15) is 0 Å². The van der Waals surface area contributed by atoms with Crippen molar-refractivity contribution in [3.63, 3.8) is 0 Å². The number of rotatable bonds is 3. The molecule has 0 bridgehead atoms. The van der Waals surface area contributed by atoms with E-state index in [0.717, 1.165) is 5.92 Å². The second kappa shape index (κ2) is 9.50. The molecular weight excluding hydrogens is 282 g/mol. The molecular formula is C10H16Cl2Zr. The Morgan fingerprint density at radius 2 is 2.08 bits per heavy atom. The standard InChI is InChI=1S/C10H16.2ClH.Zr/c1-3-4-7-10-8-5-6-9(10)2;;;/h5-6,8,10H,3-4,7H2,1-2H3;2*1H;/q;;;+2/p-2. The molecule has 0 nitrogen and oxygen atoms in total. The summed E-state index contributed by atoms with van der Waals surface area (Å²) in [5, 5.41) is 0. The molecule has 0 N–H and O–H groups in total. The van der Waals surface area contributed by atoms with Crippen molar-refractivity contribution >= 4 is 17.0 Å². The van der Waals surface area contributed by atoms with E-state index in [1.807, 2.05) is 0 Å². The average Bonchev–Trinajstić information content (AvgIpc) is 2.49. The summed E-state index contributed by atoms with van der Waals surface area (Å²) in [7, 11) is 9.87. The molecule has 74 valence electrons. The van der Waals surface area contributed by atoms with Gasteiger partial charge in [0.25, 0.3) is 0 Å². The van der Waals surface area contributed by atoms with E-state index in [2.05, 4.69) is 32.1 Å². The molecule has 0 aliphatic heterocycles. The third kappa shape index (κ3) is 6.94. The fraction of sp³-hybridized carbons (Fsp3) is 0.600. The molecule has 0 amide bonds. The van der Waals surface area contributed by atoms with Gasteiger partial charge in [0.05, 0.1) is 0 Å². The van der Waals surface area contributed by atoms with Gasteiger partial charge in [-0.3, -0.25) is 0 Å². The number of hydrogen-bond donors (Lipinski definition) is 0. The fourth-order valence-electron chi connectivity index (χ4n) is 1.36. The van der Waals surface area contributed by atoms with Gasteiger partial charge in [-0.2, -0.15) is 0 Å². The van der Waals surface area contributed by atoms with Crippen molar-refractivity contribution in [3.8, 4) is 0 Å². The SMILES string of the molecule is CCCCC1C=CC=C1C.[Cl][Zr][Cl]. The molecule has 0 spiro atoms. The second-order valence-corrected chi connectivity index (χ2v) is 6.85. The molecule has 3 heteroatoms. The van der Waals surface area contributed by atoms with Crippen molar-refractivity contribution in [2.45, 2.75) is 33.1 Å². The maximum atomic E-state index is 4.93. The van der Waals surface area contributed by atoms with Gasteiger partial charge in [-0.1, -0.05) is 43.6 Å². The number of hydrogen-bond acceptors (Lipinski definition) is 0. The van der Waals surface area contributed by atoms with Gasteiger partial charge in [0.15, 0.2) is 0 Å². The van der Waals surface area contributed by atoms with Crippen molar-refractivity contribution in [1.29, 1.82) is 0 Å². The van der Waals surface area contributed by atoms with Gasteiger partial charge in [0.2, 0.25) is 0 Å². The Hall–Kier alpha value is 0.943. The Kier molecular flexibility index (Phi) is 10.2. The van der Waals surface area contributed by atoms with Crippen molar-refractivity contribution < 1.29 is 20.8 Å². The second-order valence-electron chi connectivity index (χ2n) is 3.12. The van der Waals surface area contributed by atoms with E-state index in [9.17, 15) is 0 Å². The molecule has 0 saturated carbocycles. The Morgan fingerprint density at radius 1 is 1.46 bits per heavy atom. The van der Waals surface area contributed by atoms with Crippen LogP contribution in [0.15, 0.2) is 23.8 Å². The van der Waals surface area contributed by atoms with Crippen molar-refractivity contribution in [1.82, 2.24) is 0 Å². The zero-order valence-corrected chi connectivity index (χ0v) is 12.2. The molecule has 1 rings (SSSR count). The Morgan fingerprint density at radius 3 is 2.46 bits per heavy atom. The average molecular weight is 298 g/mol. The predicted molar refractivity (Wildman–Crippen MR) is 57.6 cm³/mol. The van der Waals surface area contributed by atoms with Crippen LogP contribution in [0.4, 0.5) is 0 Å². The summed E-state index contributed by atoms with van der Waals surface area (Å²) in [6.45, 7) is 4.47. The monoisotopic (exact) mass is 296 g/mol. The van der Waals surface area contributed by atoms with E-state index in [-0.39, 0.29) is 0 Å². The summed E-state index contributed by atoms with van der Waals surface area (Å²) in [6.07, 6.45) is 10.7. The molecule has 1 aliphatic rings. The topological polar surface area (TPSA) is 0 Å². The molecule has 1 atom stereocenters. The van der Waals surface area contributed by atoms with Crippen LogP contribution in [0, 0.1) is 5.92 Å². The van der Waals surface area contributed by atoms with Gasteiger partial charge in [-0.15, -0.1) is 0 Å². The molecule has 0 fully saturated rings. The van der Waals surface area contributed by atoms with Gasteiger partial charge in [-0.25, -0.2) is 0 Å². The summed E-state index contributed by atoms with van der Waals surface area (Å²) in [5.41, 5.74) is 1.54. The molecule has 0 aromatic rings. The van der Waals surface area contributed by atoms with Crippen LogP contribution in [-0.2, 0) is 20.8 Å². The molecule has 13 heavy (non-hydrogen) atoms. The molecule has 0 aromatic carbocycles. The van der Waals surface area contributed by atoms with E-state index in [1.54, 1.807) is 0 Å². The zero-order valence-electron chi connectivity index (χ0n) is 8.19. The number of halogens is 2. The minimum atomic E-state index is -0.826. The summed E-state index contributed by atoms with van der Waals surface area (Å²) in [4.78, 5) is 0. The van der Waals surface area contributed by atoms with E-state index in [1.165, 1.54) is 24.8 Å². The Balaban J connectivity index is 0.000000424. The normalized spacial score (nSPS) is 19.1. The summed E-state index contributed by atoms with van der Waals surface area (Å²) in [5.74, 6) is 0.764. The van der Waals surface area contributed by atoms with Crippen LogP contribution in [0.3, 0.4) is 0 Å². The summed E-state index contributed by atoms with van der Waals surface area (Å²) in [6, 6.07) is 0. The van der Waals surface area contributed by atoms with Gasteiger partial charge >= 0.3 is 37.9 Å². The molecule has 0 saturated heterocycles. The Bertz CT molecular complexity index is 176. The van der Waals surface area contributed by atoms with Crippen LogP contribution >= 0.6 is 17.0 Å². The van der Waals surface area contributed by atoms with Gasteiger partial charge in [0, 0.05) is 0 Å². The van der Waals surface area contributed by atoms with Gasteiger partial charge in [-0.05, 0) is 19.3 Å². The van der Waals surface area contributed by atoms with Crippen molar-refractivity contribution in [3.05, 3.63) is 23.8 Å². The minimum absolute atomic E-state index is 0.764. The van der Waals surface area contributed by atoms with Crippen LogP contribution in [-0.4, -0.2) is 0 Å². The zero-order chi connectivity index (χ0) is 10.1. The summed E-state index contributed by atoms with van der Waals surface area (Å²) < 4.78 is 0. The number of allylic oxidation sites excluding steroid dienone is 4. The third-order valence-electron chi connectivity index (χ3n) is 2.16. The van der Waals surface area contributed by atoms with Crippen LogP contribution in [0.1, 0.15) is 33.1 Å². The molecule has 1 unspecified atom stereocenters. The van der Waals surface area contributed by atoms with E-state index >= 15 is 0 Å². The van der Waals surface area contributed by atoms with Gasteiger partial charge < -0.3 is 0 Å². The van der Waals surface area contributed by atoms with Crippen LogP contribution in [0.5, 0.6) is 0 Å². The Labute approximate surface area is 100 Å². The fourth-order valence-corrected chi connectivity index (χ4v) is 1.36. The van der Waals surface area contributed by atoms with Crippen LogP contribution < -0.4 is 0 Å². The van der Waals surface area contributed by atoms with Crippen molar-refractivity contribution in [2.75, 3.05) is 0 Å². The molecule has 1 aliphatic carbocycles. The first-order valence-electron chi connectivity index (χ1n) is 4.57.